The van der Waals surface area contributed by atoms with Gasteiger partial charge in [0, 0.05) is 69.2 Å². The molecular formula is C34H36FN7O5. The highest BCUT2D eigenvalue weighted by Crippen LogP contribution is 2.38. The number of anilines is 1. The SMILES string of the molecule is COc1cc2c(Oc3ccc(NC(=O)c4nn(-c5ccccc5)c(=O)n4C)cc3F)ccnc2cc1OCCCN1CCN(C)CC1. The zero-order chi connectivity index (χ0) is 32.9. The molecule has 0 bridgehead atoms. The predicted octanol–water partition coefficient (Wildman–Crippen LogP) is 4.33. The molecule has 5 aromatic rings. The fourth-order valence-corrected chi connectivity index (χ4v) is 5.37. The largest absolute Gasteiger partial charge is 0.493 e. The number of nitrogens with one attached hydrogen (secondary N) is 1. The maximum absolute atomic E-state index is 15.3. The molecule has 47 heavy (non-hydrogen) atoms. The van der Waals surface area contributed by atoms with E-state index < -0.39 is 17.4 Å². The first-order valence-electron chi connectivity index (χ1n) is 15.3. The number of carbonyl (C=O) groups is 1. The molecule has 0 saturated carbocycles. The molecule has 0 aliphatic carbocycles. The number of pyridine rings is 1. The number of ether oxygens (including phenoxy) is 3. The van der Waals surface area contributed by atoms with Crippen LogP contribution in [0.2, 0.25) is 0 Å². The normalized spacial score (nSPS) is 13.9. The molecule has 1 aliphatic rings. The molecule has 6 rings (SSSR count). The highest BCUT2D eigenvalue weighted by Gasteiger charge is 2.20. The number of aromatic nitrogens is 4. The summed E-state index contributed by atoms with van der Waals surface area (Å²) in [5.41, 5.74) is 0.790. The van der Waals surface area contributed by atoms with Crippen molar-refractivity contribution in [2.24, 2.45) is 7.05 Å². The second kappa shape index (κ2) is 14.0. The fraction of sp³-hybridized carbons (Fsp3) is 0.294. The summed E-state index contributed by atoms with van der Waals surface area (Å²) in [5.74, 6) is -0.111. The van der Waals surface area contributed by atoms with Crippen molar-refractivity contribution in [3.8, 4) is 28.7 Å². The number of likely N-dealkylation sites (N-methyl/N-ethyl adjacent to an activating group) is 1. The third-order valence-electron chi connectivity index (χ3n) is 8.05. The molecule has 0 radical (unpaired) electrons. The number of halogens is 1. The minimum atomic E-state index is -0.705. The first-order valence-corrected chi connectivity index (χ1v) is 15.3. The molecular weight excluding hydrogens is 605 g/mol. The van der Waals surface area contributed by atoms with E-state index in [0.29, 0.717) is 40.4 Å². The topological polar surface area (TPSA) is 116 Å². The quantitative estimate of drug-likeness (QED) is 0.211. The van der Waals surface area contributed by atoms with E-state index in [9.17, 15) is 9.59 Å². The summed E-state index contributed by atoms with van der Waals surface area (Å²) < 4.78 is 35.2. The van der Waals surface area contributed by atoms with Gasteiger partial charge in [-0.1, -0.05) is 18.2 Å². The number of methoxy groups -OCH3 is 1. The number of rotatable bonds is 11. The lowest BCUT2D eigenvalue weighted by Gasteiger charge is -2.32. The van der Waals surface area contributed by atoms with E-state index in [4.69, 9.17) is 14.2 Å². The Bertz CT molecular complexity index is 1940. The van der Waals surface area contributed by atoms with E-state index in [0.717, 1.165) is 54.5 Å². The number of piperazine rings is 1. The van der Waals surface area contributed by atoms with Crippen LogP contribution >= 0.6 is 0 Å². The van der Waals surface area contributed by atoms with Gasteiger partial charge in [0.2, 0.25) is 5.82 Å². The highest BCUT2D eigenvalue weighted by atomic mass is 19.1. The number of fused-ring (bicyclic) bond motifs is 1. The molecule has 1 N–H and O–H groups in total. The molecule has 3 aromatic carbocycles. The van der Waals surface area contributed by atoms with Crippen LogP contribution in [0.4, 0.5) is 10.1 Å². The number of para-hydroxylation sites is 1. The van der Waals surface area contributed by atoms with E-state index in [1.165, 1.54) is 19.2 Å². The molecule has 12 nitrogen and oxygen atoms in total. The zero-order valence-corrected chi connectivity index (χ0v) is 26.5. The summed E-state index contributed by atoms with van der Waals surface area (Å²) in [6.07, 6.45) is 2.46. The van der Waals surface area contributed by atoms with Crippen molar-refractivity contribution in [2.45, 2.75) is 6.42 Å². The van der Waals surface area contributed by atoms with Gasteiger partial charge in [0.25, 0.3) is 5.91 Å². The molecule has 1 aliphatic heterocycles. The van der Waals surface area contributed by atoms with Gasteiger partial charge in [-0.15, -0.1) is 5.10 Å². The number of hydrogen-bond acceptors (Lipinski definition) is 9. The number of benzene rings is 3. The van der Waals surface area contributed by atoms with Crippen LogP contribution in [-0.2, 0) is 7.05 Å². The van der Waals surface area contributed by atoms with Gasteiger partial charge in [0.1, 0.15) is 5.75 Å². The molecule has 0 atom stereocenters. The monoisotopic (exact) mass is 641 g/mol. The highest BCUT2D eigenvalue weighted by molar-refractivity contribution is 6.01. The Kier molecular flexibility index (Phi) is 9.45. The Morgan fingerprint density at radius 1 is 0.936 bits per heavy atom. The zero-order valence-electron chi connectivity index (χ0n) is 26.5. The average molecular weight is 642 g/mol. The Morgan fingerprint density at radius 2 is 1.72 bits per heavy atom. The third kappa shape index (κ3) is 7.11. The predicted molar refractivity (Wildman–Crippen MR) is 176 cm³/mol. The van der Waals surface area contributed by atoms with Gasteiger partial charge in [-0.05, 0) is 49.9 Å². The van der Waals surface area contributed by atoms with E-state index in [-0.39, 0.29) is 17.3 Å². The number of nitrogens with zero attached hydrogens (tertiary/aromatic N) is 6. The van der Waals surface area contributed by atoms with Gasteiger partial charge in [-0.3, -0.25) is 14.3 Å². The Hall–Kier alpha value is -5.27. The smallest absolute Gasteiger partial charge is 0.350 e. The van der Waals surface area contributed by atoms with Crippen LogP contribution in [0.25, 0.3) is 16.6 Å². The van der Waals surface area contributed by atoms with Gasteiger partial charge in [0.15, 0.2) is 23.1 Å². The lowest BCUT2D eigenvalue weighted by molar-refractivity contribution is 0.101. The molecule has 2 aromatic heterocycles. The van der Waals surface area contributed by atoms with E-state index in [1.807, 2.05) is 6.07 Å². The molecule has 13 heteroatoms. The fourth-order valence-electron chi connectivity index (χ4n) is 5.37. The second-order valence-electron chi connectivity index (χ2n) is 11.3. The van der Waals surface area contributed by atoms with Gasteiger partial charge < -0.3 is 29.3 Å². The Balaban J connectivity index is 1.13. The van der Waals surface area contributed by atoms with Crippen molar-refractivity contribution in [3.63, 3.8) is 0 Å². The molecule has 3 heterocycles. The average Bonchev–Trinajstić information content (AvgIpc) is 3.38. The lowest BCUT2D eigenvalue weighted by atomic mass is 10.1. The second-order valence-corrected chi connectivity index (χ2v) is 11.3. The van der Waals surface area contributed by atoms with Crippen molar-refractivity contribution < 1.29 is 23.4 Å². The Labute approximate surface area is 270 Å². The van der Waals surface area contributed by atoms with Crippen molar-refractivity contribution in [1.29, 1.82) is 0 Å². The van der Waals surface area contributed by atoms with Crippen molar-refractivity contribution >= 4 is 22.5 Å². The number of carbonyl (C=O) groups excluding carboxylic acids is 1. The van der Waals surface area contributed by atoms with Crippen LogP contribution in [-0.4, -0.2) is 88.5 Å². The van der Waals surface area contributed by atoms with Crippen molar-refractivity contribution in [2.75, 3.05) is 58.8 Å². The van der Waals surface area contributed by atoms with Crippen LogP contribution in [0.1, 0.15) is 17.0 Å². The van der Waals surface area contributed by atoms with Crippen LogP contribution in [0.5, 0.6) is 23.0 Å². The van der Waals surface area contributed by atoms with Crippen molar-refractivity contribution in [1.82, 2.24) is 29.1 Å². The van der Waals surface area contributed by atoms with Crippen molar-refractivity contribution in [3.05, 3.63) is 95.1 Å². The summed E-state index contributed by atoms with van der Waals surface area (Å²) in [6.45, 7) is 5.77. The van der Waals surface area contributed by atoms with E-state index >= 15 is 4.39 Å². The van der Waals surface area contributed by atoms with Crippen LogP contribution in [0.15, 0.2) is 77.7 Å². The standard InChI is InChI=1S/C34H36FN7O5/c1-39-15-17-41(18-16-39)14-7-19-46-31-22-27-25(21-30(31)45-3)28(12-13-36-27)47-29-11-10-23(20-26(29)35)37-33(43)32-38-42(34(44)40(32)2)24-8-5-4-6-9-24/h4-6,8-13,20-22H,7,14-19H2,1-3H3,(H,37,43). The summed E-state index contributed by atoms with van der Waals surface area (Å²) in [4.78, 5) is 34.9. The molecule has 244 valence electrons. The maximum atomic E-state index is 15.3. The van der Waals surface area contributed by atoms with Crippen LogP contribution in [0, 0.1) is 5.82 Å². The summed E-state index contributed by atoms with van der Waals surface area (Å²) >= 11 is 0. The number of hydrogen-bond donors (Lipinski definition) is 1. The molecule has 1 amide bonds. The summed E-state index contributed by atoms with van der Waals surface area (Å²) in [5, 5.41) is 7.38. The first kappa shape index (κ1) is 31.7. The lowest BCUT2D eigenvalue weighted by Crippen LogP contribution is -2.44. The molecule has 0 unspecified atom stereocenters. The summed E-state index contributed by atoms with van der Waals surface area (Å²) in [7, 11) is 5.15. The minimum Gasteiger partial charge on any atom is -0.493 e. The van der Waals surface area contributed by atoms with E-state index in [2.05, 4.69) is 32.2 Å². The third-order valence-corrected chi connectivity index (χ3v) is 8.05. The molecule has 1 fully saturated rings. The summed E-state index contributed by atoms with van der Waals surface area (Å²) in [6, 6.07) is 18.0. The molecule has 0 spiro atoms. The van der Waals surface area contributed by atoms with Crippen LogP contribution in [0.3, 0.4) is 0 Å². The molecule has 1 saturated heterocycles. The van der Waals surface area contributed by atoms with Gasteiger partial charge >= 0.3 is 5.69 Å². The van der Waals surface area contributed by atoms with Gasteiger partial charge in [-0.2, -0.15) is 4.68 Å². The maximum Gasteiger partial charge on any atom is 0.350 e. The number of amides is 1. The first-order chi connectivity index (χ1) is 22.8. The Morgan fingerprint density at radius 3 is 2.47 bits per heavy atom. The van der Waals surface area contributed by atoms with Crippen LogP contribution < -0.4 is 25.2 Å². The minimum absolute atomic E-state index is 0.0561. The van der Waals surface area contributed by atoms with Gasteiger partial charge in [-0.25, -0.2) is 9.18 Å². The van der Waals surface area contributed by atoms with E-state index in [1.54, 1.807) is 55.8 Å². The van der Waals surface area contributed by atoms with Gasteiger partial charge in [0.05, 0.1) is 24.9 Å².